The highest BCUT2D eigenvalue weighted by Crippen LogP contribution is 2.38. The lowest BCUT2D eigenvalue weighted by atomic mass is 9.78. The molecule has 1 N–H and O–H groups in total. The van der Waals surface area contributed by atoms with Crippen molar-refractivity contribution in [1.29, 1.82) is 0 Å². The number of anilines is 1. The van der Waals surface area contributed by atoms with Crippen molar-refractivity contribution in [2.45, 2.75) is 52.5 Å². The molecule has 2 heterocycles. The number of carbonyl (C=O) groups excluding carboxylic acids is 2. The zero-order valence-electron chi connectivity index (χ0n) is 16.6. The number of amides is 1. The summed E-state index contributed by atoms with van der Waals surface area (Å²) in [4.78, 5) is 32.6. The van der Waals surface area contributed by atoms with Gasteiger partial charge in [0.2, 0.25) is 0 Å². The molecular weight excluding hydrogens is 370 g/mol. The number of thiazole rings is 1. The summed E-state index contributed by atoms with van der Waals surface area (Å²) in [7, 11) is 0. The van der Waals surface area contributed by atoms with Gasteiger partial charge in [-0.05, 0) is 55.5 Å². The van der Waals surface area contributed by atoms with Crippen molar-refractivity contribution in [2.75, 3.05) is 18.4 Å². The highest BCUT2D eigenvalue weighted by atomic mass is 32.1. The van der Waals surface area contributed by atoms with E-state index in [1.54, 1.807) is 0 Å². The van der Waals surface area contributed by atoms with Crippen LogP contribution in [0, 0.1) is 5.41 Å². The number of likely N-dealkylation sites (tertiary alicyclic amines) is 1. The SMILES string of the molecule is CC1(C)CC(=O)c2sc(NC(=O)c3ccc(CN4CCCCC4)cc3)nc2C1. The summed E-state index contributed by atoms with van der Waals surface area (Å²) in [5.74, 6) is -0.0476. The monoisotopic (exact) mass is 397 g/mol. The predicted molar refractivity (Wildman–Crippen MR) is 112 cm³/mol. The lowest BCUT2D eigenvalue weighted by molar-refractivity contribution is 0.0915. The lowest BCUT2D eigenvalue weighted by Gasteiger charge is -2.26. The molecule has 1 amide bonds. The number of nitrogens with zero attached hydrogens (tertiary/aromatic N) is 2. The number of rotatable bonds is 4. The first-order valence-corrected chi connectivity index (χ1v) is 10.9. The molecular formula is C22H27N3O2S. The maximum absolute atomic E-state index is 12.6. The van der Waals surface area contributed by atoms with E-state index in [0.29, 0.717) is 22.0 Å². The van der Waals surface area contributed by atoms with Crippen molar-refractivity contribution in [1.82, 2.24) is 9.88 Å². The van der Waals surface area contributed by atoms with Gasteiger partial charge in [-0.15, -0.1) is 0 Å². The van der Waals surface area contributed by atoms with Crippen LogP contribution >= 0.6 is 11.3 Å². The first-order valence-electron chi connectivity index (χ1n) is 10.1. The van der Waals surface area contributed by atoms with Crippen LogP contribution < -0.4 is 5.32 Å². The van der Waals surface area contributed by atoms with Gasteiger partial charge in [0.25, 0.3) is 5.91 Å². The molecule has 0 unspecified atom stereocenters. The predicted octanol–water partition coefficient (Wildman–Crippen LogP) is 4.54. The van der Waals surface area contributed by atoms with Gasteiger partial charge in [0, 0.05) is 18.5 Å². The summed E-state index contributed by atoms with van der Waals surface area (Å²) >= 11 is 1.29. The minimum absolute atomic E-state index is 0.0658. The molecule has 0 radical (unpaired) electrons. The molecule has 0 spiro atoms. The second-order valence-corrected chi connectivity index (χ2v) is 9.72. The summed E-state index contributed by atoms with van der Waals surface area (Å²) in [6.07, 6.45) is 5.19. The van der Waals surface area contributed by atoms with Gasteiger partial charge >= 0.3 is 0 Å². The van der Waals surface area contributed by atoms with Gasteiger partial charge in [-0.2, -0.15) is 0 Å². The zero-order valence-corrected chi connectivity index (χ0v) is 17.4. The van der Waals surface area contributed by atoms with E-state index in [1.807, 2.05) is 24.3 Å². The van der Waals surface area contributed by atoms with Crippen molar-refractivity contribution in [3.8, 4) is 0 Å². The number of nitrogens with one attached hydrogen (secondary N) is 1. The highest BCUT2D eigenvalue weighted by Gasteiger charge is 2.34. The minimum Gasteiger partial charge on any atom is -0.299 e. The molecule has 4 rings (SSSR count). The van der Waals surface area contributed by atoms with Crippen LogP contribution in [0.4, 0.5) is 5.13 Å². The number of benzene rings is 1. The van der Waals surface area contributed by atoms with Crippen LogP contribution in [0.1, 0.15) is 70.8 Å². The Morgan fingerprint density at radius 1 is 1.14 bits per heavy atom. The topological polar surface area (TPSA) is 62.3 Å². The molecule has 1 aromatic heterocycles. The van der Waals surface area contributed by atoms with Gasteiger partial charge in [-0.1, -0.05) is 43.7 Å². The van der Waals surface area contributed by atoms with Crippen molar-refractivity contribution < 1.29 is 9.59 Å². The second kappa shape index (κ2) is 7.76. The van der Waals surface area contributed by atoms with Crippen LogP contribution in [0.25, 0.3) is 0 Å². The van der Waals surface area contributed by atoms with Crippen LogP contribution in [0.3, 0.4) is 0 Å². The molecule has 1 aromatic carbocycles. The van der Waals surface area contributed by atoms with Gasteiger partial charge in [0.05, 0.1) is 10.6 Å². The normalized spacial score (nSPS) is 19.3. The van der Waals surface area contributed by atoms with Gasteiger partial charge in [-0.25, -0.2) is 4.98 Å². The van der Waals surface area contributed by atoms with Crippen LogP contribution in [0.2, 0.25) is 0 Å². The first kappa shape index (κ1) is 19.3. The number of fused-ring (bicyclic) bond motifs is 1. The van der Waals surface area contributed by atoms with E-state index in [4.69, 9.17) is 0 Å². The molecule has 1 fully saturated rings. The van der Waals surface area contributed by atoms with Crippen molar-refractivity contribution in [2.24, 2.45) is 5.41 Å². The Hall–Kier alpha value is -2.05. The molecule has 5 nitrogen and oxygen atoms in total. The Morgan fingerprint density at radius 3 is 2.57 bits per heavy atom. The number of hydrogen-bond donors (Lipinski definition) is 1. The molecule has 0 atom stereocenters. The van der Waals surface area contributed by atoms with Gasteiger partial charge in [0.15, 0.2) is 10.9 Å². The van der Waals surface area contributed by atoms with Crippen LogP contribution in [0.5, 0.6) is 0 Å². The van der Waals surface area contributed by atoms with Crippen molar-refractivity contribution in [3.05, 3.63) is 46.0 Å². The fourth-order valence-corrected chi connectivity index (χ4v) is 4.99. The summed E-state index contributed by atoms with van der Waals surface area (Å²) in [6.45, 7) is 7.42. The van der Waals surface area contributed by atoms with E-state index in [0.717, 1.165) is 31.7 Å². The number of carbonyl (C=O) groups is 2. The molecule has 0 saturated carbocycles. The standard InChI is InChI=1S/C22H27N3O2S/c1-22(2)12-17-19(18(26)13-22)28-21(23-17)24-20(27)16-8-6-15(7-9-16)14-25-10-4-3-5-11-25/h6-9H,3-5,10-14H2,1-2H3,(H,23,24,27). The van der Waals surface area contributed by atoms with E-state index < -0.39 is 0 Å². The fraction of sp³-hybridized carbons (Fsp3) is 0.500. The Kier molecular flexibility index (Phi) is 5.34. The molecule has 148 valence electrons. The Bertz CT molecular complexity index is 880. The van der Waals surface area contributed by atoms with Crippen molar-refractivity contribution in [3.63, 3.8) is 0 Å². The Labute approximate surface area is 170 Å². The third kappa shape index (κ3) is 4.33. The maximum Gasteiger partial charge on any atom is 0.257 e. The third-order valence-electron chi connectivity index (χ3n) is 5.53. The summed E-state index contributed by atoms with van der Waals surface area (Å²) in [5, 5.41) is 3.38. The molecule has 0 bridgehead atoms. The van der Waals surface area contributed by atoms with E-state index in [1.165, 1.54) is 36.2 Å². The smallest absolute Gasteiger partial charge is 0.257 e. The van der Waals surface area contributed by atoms with Crippen LogP contribution in [-0.2, 0) is 13.0 Å². The fourth-order valence-electron chi connectivity index (χ4n) is 4.08. The Morgan fingerprint density at radius 2 is 1.86 bits per heavy atom. The third-order valence-corrected chi connectivity index (χ3v) is 6.58. The number of piperidine rings is 1. The molecule has 1 aliphatic heterocycles. The van der Waals surface area contributed by atoms with Crippen LogP contribution in [-0.4, -0.2) is 34.7 Å². The zero-order chi connectivity index (χ0) is 19.7. The second-order valence-electron chi connectivity index (χ2n) is 8.72. The largest absolute Gasteiger partial charge is 0.299 e. The molecule has 2 aromatic rings. The number of Topliss-reactive ketones (excluding diaryl/α,β-unsaturated/α-hetero) is 1. The van der Waals surface area contributed by atoms with Gasteiger partial charge in [0.1, 0.15) is 0 Å². The molecule has 28 heavy (non-hydrogen) atoms. The average molecular weight is 398 g/mol. The molecule has 6 heteroatoms. The number of ketones is 1. The minimum atomic E-state index is -0.178. The first-order chi connectivity index (χ1) is 13.4. The quantitative estimate of drug-likeness (QED) is 0.823. The van der Waals surface area contributed by atoms with Gasteiger partial charge < -0.3 is 0 Å². The molecule has 1 aliphatic carbocycles. The van der Waals surface area contributed by atoms with Crippen molar-refractivity contribution >= 4 is 28.2 Å². The summed E-state index contributed by atoms with van der Waals surface area (Å²) in [5.41, 5.74) is 2.60. The lowest BCUT2D eigenvalue weighted by Crippen LogP contribution is -2.29. The number of aromatic nitrogens is 1. The summed E-state index contributed by atoms with van der Waals surface area (Å²) in [6, 6.07) is 7.80. The van der Waals surface area contributed by atoms with Gasteiger partial charge in [-0.3, -0.25) is 19.8 Å². The van der Waals surface area contributed by atoms with E-state index >= 15 is 0 Å². The average Bonchev–Trinajstić information content (AvgIpc) is 3.04. The molecule has 2 aliphatic rings. The highest BCUT2D eigenvalue weighted by molar-refractivity contribution is 7.17. The van der Waals surface area contributed by atoms with E-state index in [2.05, 4.69) is 29.0 Å². The van der Waals surface area contributed by atoms with E-state index in [9.17, 15) is 9.59 Å². The number of hydrogen-bond acceptors (Lipinski definition) is 5. The van der Waals surface area contributed by atoms with E-state index in [-0.39, 0.29) is 17.1 Å². The summed E-state index contributed by atoms with van der Waals surface area (Å²) < 4.78 is 0. The Balaban J connectivity index is 1.41. The van der Waals surface area contributed by atoms with Crippen LogP contribution in [0.15, 0.2) is 24.3 Å². The molecule has 1 saturated heterocycles. The maximum atomic E-state index is 12.6.